The molecule has 1 amide bonds. The molecule has 0 aliphatic rings. The Morgan fingerprint density at radius 1 is 1.03 bits per heavy atom. The van der Waals surface area contributed by atoms with Crippen LogP contribution in [0.4, 0.5) is 23.0 Å². The van der Waals surface area contributed by atoms with Crippen molar-refractivity contribution in [2.45, 2.75) is 13.8 Å². The molecule has 0 atom stereocenters. The van der Waals surface area contributed by atoms with Gasteiger partial charge in [0.25, 0.3) is 5.91 Å². The van der Waals surface area contributed by atoms with Gasteiger partial charge in [-0.2, -0.15) is 9.78 Å². The van der Waals surface area contributed by atoms with Crippen molar-refractivity contribution in [2.75, 3.05) is 16.4 Å². The maximum Gasteiger partial charge on any atom is 0.255 e. The predicted molar refractivity (Wildman–Crippen MR) is 117 cm³/mol. The van der Waals surface area contributed by atoms with E-state index in [0.717, 1.165) is 16.8 Å². The Labute approximate surface area is 173 Å². The zero-order valence-corrected chi connectivity index (χ0v) is 16.6. The van der Waals surface area contributed by atoms with Crippen molar-refractivity contribution in [1.29, 1.82) is 0 Å². The normalized spacial score (nSPS) is 10.6. The number of nitrogens with zero attached hydrogens (tertiary/aromatic N) is 4. The monoisotopic (exact) mass is 399 g/mol. The van der Waals surface area contributed by atoms with Gasteiger partial charge in [-0.05, 0) is 43.7 Å². The van der Waals surface area contributed by atoms with E-state index in [9.17, 15) is 4.79 Å². The predicted octanol–water partition coefficient (Wildman–Crippen LogP) is 3.86. The smallest absolute Gasteiger partial charge is 0.255 e. The van der Waals surface area contributed by atoms with Crippen LogP contribution in [0.2, 0.25) is 0 Å². The van der Waals surface area contributed by atoms with Gasteiger partial charge in [-0.25, -0.2) is 9.97 Å². The molecule has 2 aromatic carbocycles. The Bertz CT molecular complexity index is 1220. The second-order valence-electron chi connectivity index (χ2n) is 6.91. The first-order valence-electron chi connectivity index (χ1n) is 9.37. The van der Waals surface area contributed by atoms with E-state index in [0.29, 0.717) is 28.7 Å². The van der Waals surface area contributed by atoms with Gasteiger partial charge in [0.15, 0.2) is 5.82 Å². The van der Waals surface area contributed by atoms with Gasteiger partial charge in [0.1, 0.15) is 18.0 Å². The van der Waals surface area contributed by atoms with Crippen LogP contribution in [0, 0.1) is 13.8 Å². The van der Waals surface area contributed by atoms with E-state index in [1.54, 1.807) is 23.0 Å². The number of nitrogens with one attached hydrogen (secondary N) is 2. The quantitative estimate of drug-likeness (QED) is 0.470. The molecule has 0 saturated carbocycles. The summed E-state index contributed by atoms with van der Waals surface area (Å²) >= 11 is 0. The minimum atomic E-state index is -0.157. The minimum absolute atomic E-state index is 0.157. The molecule has 150 valence electrons. The number of aryl methyl sites for hydroxylation is 2. The fourth-order valence-corrected chi connectivity index (χ4v) is 3.02. The Morgan fingerprint density at radius 3 is 2.70 bits per heavy atom. The highest BCUT2D eigenvalue weighted by Crippen LogP contribution is 2.26. The fourth-order valence-electron chi connectivity index (χ4n) is 3.02. The zero-order valence-electron chi connectivity index (χ0n) is 16.6. The van der Waals surface area contributed by atoms with Crippen molar-refractivity contribution in [2.24, 2.45) is 0 Å². The number of nitrogens with two attached hydrogens (primary N) is 1. The molecule has 4 aromatic rings. The molecule has 2 heterocycles. The summed E-state index contributed by atoms with van der Waals surface area (Å²) < 4.78 is 1.63. The van der Waals surface area contributed by atoms with Crippen molar-refractivity contribution in [3.63, 3.8) is 0 Å². The Morgan fingerprint density at radius 2 is 1.90 bits per heavy atom. The number of anilines is 4. The Balaban J connectivity index is 1.58. The topological polar surface area (TPSA) is 111 Å². The molecule has 0 bridgehead atoms. The highest BCUT2D eigenvalue weighted by atomic mass is 16.1. The minimum Gasteiger partial charge on any atom is -0.384 e. The van der Waals surface area contributed by atoms with Crippen LogP contribution in [-0.2, 0) is 0 Å². The van der Waals surface area contributed by atoms with E-state index in [4.69, 9.17) is 5.73 Å². The van der Waals surface area contributed by atoms with Crippen LogP contribution in [0.15, 0.2) is 67.1 Å². The average molecular weight is 399 g/mol. The molecule has 0 spiro atoms. The van der Waals surface area contributed by atoms with Gasteiger partial charge >= 0.3 is 0 Å². The SMILES string of the molecule is Cc1cccc(C(=O)Nc2ccc(C)c(Nc3ccnn3-c3cc(N)ncn3)c2)c1. The lowest BCUT2D eigenvalue weighted by atomic mass is 10.1. The lowest BCUT2D eigenvalue weighted by Crippen LogP contribution is -2.12. The van der Waals surface area contributed by atoms with Crippen LogP contribution in [0.5, 0.6) is 0 Å². The average Bonchev–Trinajstić information content (AvgIpc) is 3.19. The van der Waals surface area contributed by atoms with Crippen LogP contribution in [-0.4, -0.2) is 25.7 Å². The van der Waals surface area contributed by atoms with Crippen LogP contribution in [0.25, 0.3) is 5.82 Å². The van der Waals surface area contributed by atoms with Crippen LogP contribution < -0.4 is 16.4 Å². The molecular formula is C22H21N7O. The zero-order chi connectivity index (χ0) is 21.1. The highest BCUT2D eigenvalue weighted by Gasteiger charge is 2.11. The first kappa shape index (κ1) is 19.1. The number of rotatable bonds is 5. The number of carbonyl (C=O) groups excluding carboxylic acids is 1. The van der Waals surface area contributed by atoms with Crippen molar-refractivity contribution in [3.05, 3.63) is 83.8 Å². The van der Waals surface area contributed by atoms with Gasteiger partial charge < -0.3 is 16.4 Å². The third-order valence-corrected chi connectivity index (χ3v) is 4.57. The van der Waals surface area contributed by atoms with Crippen LogP contribution in [0.1, 0.15) is 21.5 Å². The fraction of sp³-hybridized carbons (Fsp3) is 0.0909. The third-order valence-electron chi connectivity index (χ3n) is 4.57. The highest BCUT2D eigenvalue weighted by molar-refractivity contribution is 6.04. The molecule has 0 aliphatic heterocycles. The van der Waals surface area contributed by atoms with Gasteiger partial charge in [0, 0.05) is 29.1 Å². The lowest BCUT2D eigenvalue weighted by Gasteiger charge is -2.14. The number of hydrogen-bond acceptors (Lipinski definition) is 6. The number of hydrogen-bond donors (Lipinski definition) is 3. The van der Waals surface area contributed by atoms with E-state index >= 15 is 0 Å². The van der Waals surface area contributed by atoms with E-state index in [1.807, 2.05) is 56.3 Å². The maximum atomic E-state index is 12.6. The molecule has 2 aromatic heterocycles. The van der Waals surface area contributed by atoms with Gasteiger partial charge in [0.2, 0.25) is 0 Å². The molecule has 0 saturated heterocycles. The van der Waals surface area contributed by atoms with Gasteiger partial charge in [0.05, 0.1) is 6.20 Å². The summed E-state index contributed by atoms with van der Waals surface area (Å²) in [5.74, 6) is 1.46. The summed E-state index contributed by atoms with van der Waals surface area (Å²) in [7, 11) is 0. The molecule has 4 N–H and O–H groups in total. The largest absolute Gasteiger partial charge is 0.384 e. The third kappa shape index (κ3) is 4.12. The Hall–Kier alpha value is -4.20. The lowest BCUT2D eigenvalue weighted by molar-refractivity contribution is 0.102. The number of benzene rings is 2. The summed E-state index contributed by atoms with van der Waals surface area (Å²) in [6.07, 6.45) is 3.06. The van der Waals surface area contributed by atoms with E-state index < -0.39 is 0 Å². The van der Waals surface area contributed by atoms with Gasteiger partial charge in [-0.3, -0.25) is 4.79 Å². The second kappa shape index (κ2) is 8.04. The van der Waals surface area contributed by atoms with Crippen LogP contribution in [0.3, 0.4) is 0 Å². The first-order chi connectivity index (χ1) is 14.5. The number of nitrogen functional groups attached to an aromatic ring is 1. The Kier molecular flexibility index (Phi) is 5.13. The molecule has 8 heteroatoms. The summed E-state index contributed by atoms with van der Waals surface area (Å²) in [5.41, 5.74) is 9.95. The molecule has 0 unspecified atom stereocenters. The molecule has 30 heavy (non-hydrogen) atoms. The van der Waals surface area contributed by atoms with Crippen molar-refractivity contribution >= 4 is 28.9 Å². The van der Waals surface area contributed by atoms with E-state index in [1.165, 1.54) is 6.33 Å². The summed E-state index contributed by atoms with van der Waals surface area (Å²) in [6, 6.07) is 16.6. The van der Waals surface area contributed by atoms with Crippen molar-refractivity contribution < 1.29 is 4.79 Å². The summed E-state index contributed by atoms with van der Waals surface area (Å²) in [6.45, 7) is 3.94. The molecule has 4 rings (SSSR count). The molecule has 0 fully saturated rings. The van der Waals surface area contributed by atoms with Crippen LogP contribution >= 0.6 is 0 Å². The maximum absolute atomic E-state index is 12.6. The standard InChI is InChI=1S/C22H21N7O/c1-14-4-3-5-16(10-14)22(30)27-17-7-6-15(2)18(11-17)28-20-8-9-26-29(20)21-12-19(23)24-13-25-21/h3-13,28H,1-2H3,(H,27,30)(H2,23,24,25). The number of amides is 1. The van der Waals surface area contributed by atoms with Crippen molar-refractivity contribution in [1.82, 2.24) is 19.7 Å². The molecule has 8 nitrogen and oxygen atoms in total. The second-order valence-corrected chi connectivity index (χ2v) is 6.91. The molecular weight excluding hydrogens is 378 g/mol. The van der Waals surface area contributed by atoms with E-state index in [-0.39, 0.29) is 5.91 Å². The number of carbonyl (C=O) groups is 1. The molecule has 0 aliphatic carbocycles. The van der Waals surface area contributed by atoms with Gasteiger partial charge in [-0.15, -0.1) is 0 Å². The van der Waals surface area contributed by atoms with E-state index in [2.05, 4.69) is 25.7 Å². The number of aromatic nitrogens is 4. The summed E-state index contributed by atoms with van der Waals surface area (Å²) in [5, 5.41) is 10.6. The first-order valence-corrected chi connectivity index (χ1v) is 9.37. The van der Waals surface area contributed by atoms with Crippen molar-refractivity contribution in [3.8, 4) is 5.82 Å². The molecule has 0 radical (unpaired) electrons. The van der Waals surface area contributed by atoms with Gasteiger partial charge in [-0.1, -0.05) is 23.8 Å². The summed E-state index contributed by atoms with van der Waals surface area (Å²) in [4.78, 5) is 20.7.